The van der Waals surface area contributed by atoms with Crippen molar-refractivity contribution in [2.75, 3.05) is 5.32 Å². The standard InChI is InChI=1S/C29H27N5O.CH2O2/c1-19-7-5-8-21(17-19)26-27(34-25(33-26)9-6-15-31-34)22-14-16-30-24(18-22)32-28(35)20-10-12-23(13-11-20)29(2,3)4;2-1-3/h5-18H,1-4H3,(H,30,32,35);1H,(H,2,3). The molecule has 8 nitrogen and oxygen atoms in total. The number of nitrogens with zero attached hydrogens (tertiary/aromatic N) is 4. The zero-order valence-corrected chi connectivity index (χ0v) is 21.7. The van der Waals surface area contributed by atoms with Gasteiger partial charge in [-0.25, -0.2) is 14.5 Å². The second-order valence-electron chi connectivity index (χ2n) is 9.79. The van der Waals surface area contributed by atoms with Gasteiger partial charge in [-0.05, 0) is 60.4 Å². The second kappa shape index (κ2) is 11.0. The maximum Gasteiger partial charge on any atom is 0.290 e. The lowest BCUT2D eigenvalue weighted by Gasteiger charge is -2.19. The number of nitrogens with one attached hydrogen (secondary N) is 1. The van der Waals surface area contributed by atoms with E-state index in [0.29, 0.717) is 11.4 Å². The average Bonchev–Trinajstić information content (AvgIpc) is 3.29. The van der Waals surface area contributed by atoms with Crippen LogP contribution in [0.2, 0.25) is 0 Å². The zero-order chi connectivity index (χ0) is 27.3. The van der Waals surface area contributed by atoms with Gasteiger partial charge in [-0.15, -0.1) is 0 Å². The first kappa shape index (κ1) is 26.2. The molecule has 0 spiro atoms. The van der Waals surface area contributed by atoms with Crippen molar-refractivity contribution in [3.05, 3.63) is 102 Å². The summed E-state index contributed by atoms with van der Waals surface area (Å²) < 4.78 is 1.82. The van der Waals surface area contributed by atoms with E-state index in [4.69, 9.17) is 14.9 Å². The van der Waals surface area contributed by atoms with Crippen molar-refractivity contribution in [1.29, 1.82) is 0 Å². The Morgan fingerprint density at radius 1 is 0.947 bits per heavy atom. The Balaban J connectivity index is 0.00000107. The highest BCUT2D eigenvalue weighted by Crippen LogP contribution is 2.33. The van der Waals surface area contributed by atoms with Gasteiger partial charge < -0.3 is 10.4 Å². The Labute approximate surface area is 221 Å². The number of carboxylic acid groups (broad SMARTS) is 1. The number of hydrogen-bond donors (Lipinski definition) is 2. The monoisotopic (exact) mass is 507 g/mol. The van der Waals surface area contributed by atoms with Gasteiger partial charge >= 0.3 is 0 Å². The Hall–Kier alpha value is -4.85. The summed E-state index contributed by atoms with van der Waals surface area (Å²) in [6.45, 7) is 8.26. The fraction of sp³-hybridized carbons (Fsp3) is 0.167. The Bertz CT molecular complexity index is 1580. The lowest BCUT2D eigenvalue weighted by molar-refractivity contribution is -0.122. The molecule has 0 saturated carbocycles. The Kier molecular flexibility index (Phi) is 7.62. The minimum Gasteiger partial charge on any atom is -0.483 e. The van der Waals surface area contributed by atoms with Gasteiger partial charge in [0.25, 0.3) is 12.4 Å². The first-order chi connectivity index (χ1) is 18.2. The molecular weight excluding hydrogens is 478 g/mol. The van der Waals surface area contributed by atoms with Gasteiger partial charge in [0.1, 0.15) is 11.5 Å². The molecule has 192 valence electrons. The molecule has 0 atom stereocenters. The van der Waals surface area contributed by atoms with Crippen molar-refractivity contribution in [3.63, 3.8) is 0 Å². The molecule has 3 aromatic heterocycles. The lowest BCUT2D eigenvalue weighted by Crippen LogP contribution is -2.15. The van der Waals surface area contributed by atoms with E-state index in [-0.39, 0.29) is 17.8 Å². The van der Waals surface area contributed by atoms with Crippen molar-refractivity contribution < 1.29 is 14.7 Å². The lowest BCUT2D eigenvalue weighted by atomic mass is 9.87. The molecule has 2 N–H and O–H groups in total. The molecule has 5 rings (SSSR count). The largest absolute Gasteiger partial charge is 0.483 e. The summed E-state index contributed by atoms with van der Waals surface area (Å²) in [5.74, 6) is 0.263. The van der Waals surface area contributed by atoms with Crippen LogP contribution in [0.1, 0.15) is 42.3 Å². The van der Waals surface area contributed by atoms with Crippen LogP contribution in [-0.2, 0) is 10.2 Å². The van der Waals surface area contributed by atoms with Crippen molar-refractivity contribution in [2.24, 2.45) is 0 Å². The Morgan fingerprint density at radius 2 is 1.68 bits per heavy atom. The molecule has 8 heteroatoms. The van der Waals surface area contributed by atoms with Gasteiger partial charge in [-0.3, -0.25) is 9.59 Å². The number of fused-ring (bicyclic) bond motifs is 1. The molecule has 5 aromatic rings. The van der Waals surface area contributed by atoms with Gasteiger partial charge in [-0.1, -0.05) is 56.7 Å². The van der Waals surface area contributed by atoms with Gasteiger partial charge in [-0.2, -0.15) is 5.10 Å². The van der Waals surface area contributed by atoms with Crippen molar-refractivity contribution in [2.45, 2.75) is 33.1 Å². The highest BCUT2D eigenvalue weighted by molar-refractivity contribution is 6.04. The zero-order valence-electron chi connectivity index (χ0n) is 21.7. The molecule has 3 heterocycles. The first-order valence-corrected chi connectivity index (χ1v) is 12.1. The number of aromatic nitrogens is 4. The van der Waals surface area contributed by atoms with Crippen molar-refractivity contribution in [3.8, 4) is 22.5 Å². The summed E-state index contributed by atoms with van der Waals surface area (Å²) in [5, 5.41) is 14.4. The van der Waals surface area contributed by atoms with E-state index >= 15 is 0 Å². The molecule has 38 heavy (non-hydrogen) atoms. The van der Waals surface area contributed by atoms with Gasteiger partial charge in [0.2, 0.25) is 0 Å². The summed E-state index contributed by atoms with van der Waals surface area (Å²) in [7, 11) is 0. The summed E-state index contributed by atoms with van der Waals surface area (Å²) >= 11 is 0. The van der Waals surface area contributed by atoms with Crippen LogP contribution in [-0.4, -0.2) is 37.1 Å². The smallest absolute Gasteiger partial charge is 0.290 e. The quantitative estimate of drug-likeness (QED) is 0.288. The summed E-state index contributed by atoms with van der Waals surface area (Å²) in [6, 6.07) is 23.5. The number of anilines is 1. The van der Waals surface area contributed by atoms with Crippen LogP contribution in [0.4, 0.5) is 5.82 Å². The predicted molar refractivity (Wildman–Crippen MR) is 148 cm³/mol. The summed E-state index contributed by atoms with van der Waals surface area (Å²) in [6.07, 6.45) is 3.43. The Morgan fingerprint density at radius 3 is 2.37 bits per heavy atom. The molecule has 0 radical (unpaired) electrons. The maximum absolute atomic E-state index is 12.9. The maximum atomic E-state index is 12.9. The summed E-state index contributed by atoms with van der Waals surface area (Å²) in [4.78, 5) is 30.5. The van der Waals surface area contributed by atoms with Crippen LogP contribution in [0.3, 0.4) is 0 Å². The van der Waals surface area contributed by atoms with E-state index in [1.165, 1.54) is 5.56 Å². The average molecular weight is 508 g/mol. The third-order valence-corrected chi connectivity index (χ3v) is 5.97. The minimum atomic E-state index is -0.250. The fourth-order valence-corrected chi connectivity index (χ4v) is 4.10. The second-order valence-corrected chi connectivity index (χ2v) is 9.79. The molecule has 0 aliphatic carbocycles. The van der Waals surface area contributed by atoms with Crippen LogP contribution in [0.25, 0.3) is 28.2 Å². The highest BCUT2D eigenvalue weighted by Gasteiger charge is 2.18. The third-order valence-electron chi connectivity index (χ3n) is 5.97. The molecule has 0 fully saturated rings. The first-order valence-electron chi connectivity index (χ1n) is 12.1. The van der Waals surface area contributed by atoms with Crippen LogP contribution in [0, 0.1) is 6.92 Å². The molecule has 0 bridgehead atoms. The molecule has 0 aliphatic heterocycles. The third kappa shape index (κ3) is 5.75. The van der Waals surface area contributed by atoms with Gasteiger partial charge in [0.15, 0.2) is 5.65 Å². The number of carbonyl (C=O) groups is 2. The van der Waals surface area contributed by atoms with Gasteiger partial charge in [0.05, 0.1) is 5.69 Å². The number of pyridine rings is 1. The minimum absolute atomic E-state index is 0.0297. The summed E-state index contributed by atoms with van der Waals surface area (Å²) in [5.41, 5.74) is 7.24. The SMILES string of the molecule is Cc1cccc(-c2nc3cccnn3c2-c2ccnc(NC(=O)c3ccc(C(C)(C)C)cc3)c2)c1.O=CO. The molecule has 0 aliphatic rings. The number of imidazole rings is 1. The van der Waals surface area contributed by atoms with E-state index in [1.54, 1.807) is 12.4 Å². The number of carbonyl (C=O) groups excluding carboxylic acids is 1. The molecule has 0 unspecified atom stereocenters. The van der Waals surface area contributed by atoms with E-state index in [9.17, 15) is 4.79 Å². The highest BCUT2D eigenvalue weighted by atomic mass is 16.3. The van der Waals surface area contributed by atoms with E-state index in [1.807, 2.05) is 65.2 Å². The number of rotatable bonds is 4. The van der Waals surface area contributed by atoms with Crippen LogP contribution in [0.15, 0.2) is 85.2 Å². The van der Waals surface area contributed by atoms with Crippen molar-refractivity contribution >= 4 is 23.8 Å². The number of hydrogen-bond acceptors (Lipinski definition) is 5. The molecule has 1 amide bonds. The van der Waals surface area contributed by atoms with Crippen LogP contribution >= 0.6 is 0 Å². The topological polar surface area (TPSA) is 109 Å². The number of amides is 1. The van der Waals surface area contributed by atoms with Crippen LogP contribution < -0.4 is 5.32 Å². The van der Waals surface area contributed by atoms with Crippen molar-refractivity contribution in [1.82, 2.24) is 19.6 Å². The fourth-order valence-electron chi connectivity index (χ4n) is 4.10. The molecule has 0 saturated heterocycles. The van der Waals surface area contributed by atoms with Crippen LogP contribution in [0.5, 0.6) is 0 Å². The number of aryl methyl sites for hydroxylation is 1. The van der Waals surface area contributed by atoms with Gasteiger partial charge in [0, 0.05) is 29.1 Å². The molecule has 2 aromatic carbocycles. The predicted octanol–water partition coefficient (Wildman–Crippen LogP) is 6.02. The number of benzene rings is 2. The van der Waals surface area contributed by atoms with E-state index < -0.39 is 0 Å². The van der Waals surface area contributed by atoms with E-state index in [0.717, 1.165) is 33.7 Å². The molecular formula is C30H29N5O3. The normalized spacial score (nSPS) is 10.9. The van der Waals surface area contributed by atoms with E-state index in [2.05, 4.69) is 55.2 Å².